The number of hydrogen-bond acceptors (Lipinski definition) is 4. The molecule has 0 fully saturated rings. The third-order valence-corrected chi connectivity index (χ3v) is 2.38. The van der Waals surface area contributed by atoms with Crippen molar-refractivity contribution < 1.29 is 19.5 Å². The molecule has 17 heavy (non-hydrogen) atoms. The van der Waals surface area contributed by atoms with Gasteiger partial charge in [-0.15, -0.1) is 0 Å². The van der Waals surface area contributed by atoms with E-state index in [0.717, 1.165) is 0 Å². The second-order valence-corrected chi connectivity index (χ2v) is 4.15. The minimum atomic E-state index is -1.37. The summed E-state index contributed by atoms with van der Waals surface area (Å²) in [5.41, 5.74) is 8.94. The van der Waals surface area contributed by atoms with Crippen molar-refractivity contribution in [1.29, 1.82) is 0 Å². The molecular weight excluding hydrogens is 226 g/mol. The first kappa shape index (κ1) is 15.4. The van der Waals surface area contributed by atoms with Gasteiger partial charge in [-0.1, -0.05) is 13.3 Å². The molecule has 2 unspecified atom stereocenters. The average Bonchev–Trinajstić information content (AvgIpc) is 2.16. The van der Waals surface area contributed by atoms with Gasteiger partial charge in [0.1, 0.15) is 5.54 Å². The maximum atomic E-state index is 11.6. The first-order chi connectivity index (χ1) is 7.73. The average molecular weight is 245 g/mol. The van der Waals surface area contributed by atoms with Crippen molar-refractivity contribution in [3.8, 4) is 0 Å². The van der Waals surface area contributed by atoms with Crippen LogP contribution in [0.15, 0.2) is 0 Å². The zero-order valence-electron chi connectivity index (χ0n) is 10.0. The largest absolute Gasteiger partial charge is 0.480 e. The van der Waals surface area contributed by atoms with Crippen molar-refractivity contribution in [2.75, 3.05) is 0 Å². The van der Waals surface area contributed by atoms with E-state index in [1.54, 1.807) is 6.92 Å². The van der Waals surface area contributed by atoms with Crippen LogP contribution in [0.1, 0.15) is 33.1 Å². The van der Waals surface area contributed by atoms with E-state index in [9.17, 15) is 14.4 Å². The Morgan fingerprint density at radius 2 is 1.94 bits per heavy atom. The molecule has 0 heterocycles. The molecule has 0 aromatic carbocycles. The Hall–Kier alpha value is -1.63. The molecule has 7 heteroatoms. The number of amides is 2. The summed E-state index contributed by atoms with van der Waals surface area (Å²) in [5.74, 6) is -2.54. The lowest BCUT2D eigenvalue weighted by molar-refractivity contribution is -0.147. The molecule has 2 atom stereocenters. The summed E-state index contributed by atoms with van der Waals surface area (Å²) < 4.78 is 0. The lowest BCUT2D eigenvalue weighted by Gasteiger charge is -2.27. The van der Waals surface area contributed by atoms with Crippen molar-refractivity contribution in [3.05, 3.63) is 0 Å². The van der Waals surface area contributed by atoms with E-state index in [1.165, 1.54) is 6.92 Å². The molecule has 0 radical (unpaired) electrons. The van der Waals surface area contributed by atoms with Gasteiger partial charge in [0, 0.05) is 0 Å². The van der Waals surface area contributed by atoms with Gasteiger partial charge in [0.2, 0.25) is 11.8 Å². The Morgan fingerprint density at radius 1 is 1.41 bits per heavy atom. The van der Waals surface area contributed by atoms with Gasteiger partial charge in [-0.05, 0) is 13.3 Å². The highest BCUT2D eigenvalue weighted by molar-refractivity contribution is 5.91. The number of primary amides is 1. The molecule has 0 aromatic rings. The molecule has 98 valence electrons. The second-order valence-electron chi connectivity index (χ2n) is 4.15. The van der Waals surface area contributed by atoms with E-state index >= 15 is 0 Å². The molecule has 0 bridgehead atoms. The van der Waals surface area contributed by atoms with Gasteiger partial charge in [-0.2, -0.15) is 0 Å². The Labute approximate surface area is 99.5 Å². The van der Waals surface area contributed by atoms with Crippen LogP contribution in [-0.2, 0) is 14.4 Å². The summed E-state index contributed by atoms with van der Waals surface area (Å²) in [6, 6.07) is -1.12. The number of hydrogen-bond donors (Lipinski definition) is 4. The van der Waals surface area contributed by atoms with E-state index in [0.29, 0.717) is 6.42 Å². The highest BCUT2D eigenvalue weighted by Crippen LogP contribution is 2.12. The Balaban J connectivity index is 4.61. The molecule has 0 aliphatic carbocycles. The fraction of sp³-hybridized carbons (Fsp3) is 0.700. The number of carboxylic acid groups (broad SMARTS) is 1. The standard InChI is InChI=1S/C10H19N3O4/c1-3-4-10(2,9(16)17)13-8(15)6(11)5-7(12)14/h6H,3-5,11H2,1-2H3,(H2,12,14)(H,13,15)(H,16,17). The van der Waals surface area contributed by atoms with Gasteiger partial charge in [-0.25, -0.2) is 4.79 Å². The first-order valence-electron chi connectivity index (χ1n) is 5.32. The van der Waals surface area contributed by atoms with Crippen LogP contribution in [0.5, 0.6) is 0 Å². The Morgan fingerprint density at radius 3 is 2.29 bits per heavy atom. The molecule has 0 saturated carbocycles. The molecule has 0 aromatic heterocycles. The number of aliphatic carboxylic acids is 1. The molecule has 2 amide bonds. The summed E-state index contributed by atoms with van der Waals surface area (Å²) in [6.07, 6.45) is 0.555. The quantitative estimate of drug-likeness (QED) is 0.453. The predicted molar refractivity (Wildman–Crippen MR) is 60.9 cm³/mol. The van der Waals surface area contributed by atoms with Gasteiger partial charge in [-0.3, -0.25) is 9.59 Å². The Bertz CT molecular complexity index is 319. The number of carboxylic acids is 1. The lowest BCUT2D eigenvalue weighted by atomic mass is 9.95. The summed E-state index contributed by atoms with van der Waals surface area (Å²) in [7, 11) is 0. The third kappa shape index (κ3) is 4.81. The van der Waals surface area contributed by atoms with E-state index in [2.05, 4.69) is 5.32 Å². The van der Waals surface area contributed by atoms with Gasteiger partial charge >= 0.3 is 5.97 Å². The first-order valence-corrected chi connectivity index (χ1v) is 5.32. The van der Waals surface area contributed by atoms with Gasteiger partial charge in [0.05, 0.1) is 12.5 Å². The monoisotopic (exact) mass is 245 g/mol. The van der Waals surface area contributed by atoms with Crippen LogP contribution in [0.4, 0.5) is 0 Å². The van der Waals surface area contributed by atoms with E-state index in [-0.39, 0.29) is 12.8 Å². The van der Waals surface area contributed by atoms with Crippen LogP contribution in [-0.4, -0.2) is 34.5 Å². The normalized spacial score (nSPS) is 15.7. The number of nitrogens with two attached hydrogens (primary N) is 2. The molecule has 6 N–H and O–H groups in total. The number of carbonyl (C=O) groups is 3. The molecule has 0 aliphatic heterocycles. The van der Waals surface area contributed by atoms with Crippen molar-refractivity contribution in [3.63, 3.8) is 0 Å². The van der Waals surface area contributed by atoms with E-state index in [1.807, 2.05) is 0 Å². The van der Waals surface area contributed by atoms with Crippen molar-refractivity contribution in [1.82, 2.24) is 5.32 Å². The Kier molecular flexibility index (Phi) is 5.60. The van der Waals surface area contributed by atoms with Crippen LogP contribution in [0, 0.1) is 0 Å². The molecule has 0 rings (SSSR count). The van der Waals surface area contributed by atoms with Gasteiger partial charge < -0.3 is 21.9 Å². The molecular formula is C10H19N3O4. The number of rotatable bonds is 7. The molecule has 0 spiro atoms. The molecule has 0 aliphatic rings. The SMILES string of the molecule is CCCC(C)(NC(=O)C(N)CC(N)=O)C(=O)O. The fourth-order valence-corrected chi connectivity index (χ4v) is 1.40. The zero-order chi connectivity index (χ0) is 13.6. The second kappa shape index (κ2) is 6.19. The highest BCUT2D eigenvalue weighted by atomic mass is 16.4. The summed E-state index contributed by atoms with van der Waals surface area (Å²) in [4.78, 5) is 33.2. The van der Waals surface area contributed by atoms with Crippen molar-refractivity contribution in [2.45, 2.75) is 44.7 Å². The van der Waals surface area contributed by atoms with Crippen LogP contribution in [0.25, 0.3) is 0 Å². The van der Waals surface area contributed by atoms with Crippen LogP contribution in [0.2, 0.25) is 0 Å². The molecule has 0 saturated heterocycles. The summed E-state index contributed by atoms with van der Waals surface area (Å²) in [5, 5.41) is 11.4. The van der Waals surface area contributed by atoms with Gasteiger partial charge in [0.15, 0.2) is 0 Å². The van der Waals surface area contributed by atoms with E-state index in [4.69, 9.17) is 16.6 Å². The highest BCUT2D eigenvalue weighted by Gasteiger charge is 2.35. The summed E-state index contributed by atoms with van der Waals surface area (Å²) >= 11 is 0. The minimum absolute atomic E-state index is 0.275. The third-order valence-electron chi connectivity index (χ3n) is 2.38. The van der Waals surface area contributed by atoms with Gasteiger partial charge in [0.25, 0.3) is 0 Å². The number of carbonyl (C=O) groups excluding carboxylic acids is 2. The van der Waals surface area contributed by atoms with Crippen molar-refractivity contribution in [2.24, 2.45) is 11.5 Å². The zero-order valence-corrected chi connectivity index (χ0v) is 10.0. The maximum absolute atomic E-state index is 11.6. The number of nitrogens with one attached hydrogen (secondary N) is 1. The van der Waals surface area contributed by atoms with Crippen molar-refractivity contribution >= 4 is 17.8 Å². The van der Waals surface area contributed by atoms with E-state index < -0.39 is 29.4 Å². The topological polar surface area (TPSA) is 136 Å². The minimum Gasteiger partial charge on any atom is -0.480 e. The lowest BCUT2D eigenvalue weighted by Crippen LogP contribution is -2.56. The van der Waals surface area contributed by atoms with Crippen LogP contribution < -0.4 is 16.8 Å². The smallest absolute Gasteiger partial charge is 0.329 e. The summed E-state index contributed by atoms with van der Waals surface area (Å²) in [6.45, 7) is 3.20. The predicted octanol–water partition coefficient (Wildman–Crippen LogP) is -1.05. The van der Waals surface area contributed by atoms with Crippen LogP contribution in [0.3, 0.4) is 0 Å². The molecule has 7 nitrogen and oxygen atoms in total. The maximum Gasteiger partial charge on any atom is 0.329 e. The fourth-order valence-electron chi connectivity index (χ4n) is 1.40. The van der Waals surface area contributed by atoms with Crippen LogP contribution >= 0.6 is 0 Å².